The average molecular weight is 300 g/mol. The van der Waals surface area contributed by atoms with Crippen molar-refractivity contribution in [2.75, 3.05) is 24.7 Å². The molecule has 1 aliphatic rings. The van der Waals surface area contributed by atoms with Crippen LogP contribution in [0.3, 0.4) is 0 Å². The Morgan fingerprint density at radius 1 is 1.40 bits per heavy atom. The van der Waals surface area contributed by atoms with E-state index >= 15 is 0 Å². The number of primary sulfonamides is 1. The molecule has 0 amide bonds. The largest absolute Gasteiger partial charge is 0.481 e. The van der Waals surface area contributed by atoms with Crippen molar-refractivity contribution in [1.29, 1.82) is 0 Å². The van der Waals surface area contributed by atoms with Crippen LogP contribution in [0.5, 0.6) is 0 Å². The summed E-state index contributed by atoms with van der Waals surface area (Å²) in [6.45, 7) is 1.41. The van der Waals surface area contributed by atoms with E-state index in [1.54, 1.807) is 12.1 Å². The van der Waals surface area contributed by atoms with Crippen molar-refractivity contribution in [3.63, 3.8) is 0 Å². The first-order valence-electron chi connectivity index (χ1n) is 6.07. The van der Waals surface area contributed by atoms with Crippen molar-refractivity contribution < 1.29 is 23.1 Å². The molecule has 1 saturated heterocycles. The molecule has 1 atom stereocenters. The lowest BCUT2D eigenvalue weighted by Crippen LogP contribution is -2.46. The summed E-state index contributed by atoms with van der Waals surface area (Å²) in [5.74, 6) is -0.897. The van der Waals surface area contributed by atoms with E-state index in [0.29, 0.717) is 19.8 Å². The maximum atomic E-state index is 11.2. The molecular weight excluding hydrogens is 284 g/mol. The van der Waals surface area contributed by atoms with Gasteiger partial charge in [-0.3, -0.25) is 4.79 Å². The molecule has 0 spiro atoms. The molecule has 2 rings (SSSR count). The third kappa shape index (κ3) is 3.47. The minimum atomic E-state index is -3.72. The summed E-state index contributed by atoms with van der Waals surface area (Å²) in [5.41, 5.74) is 0.756. The van der Waals surface area contributed by atoms with E-state index in [1.165, 1.54) is 12.1 Å². The van der Waals surface area contributed by atoms with Crippen LogP contribution in [0.1, 0.15) is 6.42 Å². The predicted molar refractivity (Wildman–Crippen MR) is 72.0 cm³/mol. The molecule has 1 fully saturated rings. The van der Waals surface area contributed by atoms with Crippen molar-refractivity contribution in [3.8, 4) is 0 Å². The Bertz CT molecular complexity index is 584. The van der Waals surface area contributed by atoms with Crippen LogP contribution < -0.4 is 10.0 Å². The van der Waals surface area contributed by atoms with Crippen LogP contribution in [0.15, 0.2) is 29.2 Å². The molecule has 1 aromatic rings. The normalized spacial score (nSPS) is 19.9. The number of hydrogen-bond acceptors (Lipinski definition) is 5. The van der Waals surface area contributed by atoms with E-state index in [1.807, 2.05) is 4.90 Å². The topological polar surface area (TPSA) is 110 Å². The Morgan fingerprint density at radius 2 is 2.05 bits per heavy atom. The van der Waals surface area contributed by atoms with Crippen molar-refractivity contribution >= 4 is 21.7 Å². The van der Waals surface area contributed by atoms with Crippen molar-refractivity contribution in [3.05, 3.63) is 24.3 Å². The van der Waals surface area contributed by atoms with E-state index in [4.69, 9.17) is 15.0 Å². The van der Waals surface area contributed by atoms with Gasteiger partial charge in [-0.15, -0.1) is 0 Å². The first kappa shape index (κ1) is 14.8. The van der Waals surface area contributed by atoms with Gasteiger partial charge in [0.25, 0.3) is 0 Å². The lowest BCUT2D eigenvalue weighted by molar-refractivity contribution is -0.138. The quantitative estimate of drug-likeness (QED) is 0.810. The second-order valence-electron chi connectivity index (χ2n) is 4.56. The highest BCUT2D eigenvalue weighted by Gasteiger charge is 2.25. The van der Waals surface area contributed by atoms with Crippen LogP contribution >= 0.6 is 0 Å². The molecule has 20 heavy (non-hydrogen) atoms. The number of rotatable bonds is 4. The van der Waals surface area contributed by atoms with Crippen molar-refractivity contribution in [2.24, 2.45) is 5.14 Å². The highest BCUT2D eigenvalue weighted by Crippen LogP contribution is 2.23. The van der Waals surface area contributed by atoms with E-state index in [-0.39, 0.29) is 17.4 Å². The molecule has 0 bridgehead atoms. The molecule has 0 radical (unpaired) electrons. The molecule has 1 aromatic carbocycles. The Morgan fingerprint density at radius 3 is 2.60 bits per heavy atom. The molecule has 110 valence electrons. The van der Waals surface area contributed by atoms with Gasteiger partial charge in [0, 0.05) is 12.2 Å². The van der Waals surface area contributed by atoms with Crippen LogP contribution in [0, 0.1) is 0 Å². The van der Waals surface area contributed by atoms with E-state index < -0.39 is 16.0 Å². The van der Waals surface area contributed by atoms with Crippen molar-refractivity contribution in [1.82, 2.24) is 0 Å². The first-order chi connectivity index (χ1) is 9.38. The number of carboxylic acids is 1. The first-order valence-corrected chi connectivity index (χ1v) is 7.61. The fraction of sp³-hybridized carbons (Fsp3) is 0.417. The number of nitrogens with two attached hydrogens (primary N) is 1. The number of carbonyl (C=O) groups is 1. The Kier molecular flexibility index (Phi) is 4.26. The van der Waals surface area contributed by atoms with Gasteiger partial charge in [-0.2, -0.15) is 0 Å². The van der Waals surface area contributed by atoms with E-state index in [9.17, 15) is 13.2 Å². The minimum absolute atomic E-state index is 0.0308. The van der Waals surface area contributed by atoms with Gasteiger partial charge in [0.05, 0.1) is 30.6 Å². The molecule has 7 nitrogen and oxygen atoms in total. The SMILES string of the molecule is NS(=O)(=O)c1ccc(N2CCOCC2CC(=O)O)cc1. The van der Waals surface area contributed by atoms with Crippen LogP contribution in [-0.4, -0.2) is 45.3 Å². The number of sulfonamides is 1. The summed E-state index contributed by atoms with van der Waals surface area (Å²) in [6.07, 6.45) is -0.0308. The number of nitrogens with zero attached hydrogens (tertiary/aromatic N) is 1. The number of aliphatic carboxylic acids is 1. The summed E-state index contributed by atoms with van der Waals surface area (Å²) in [7, 11) is -3.72. The smallest absolute Gasteiger partial charge is 0.305 e. The van der Waals surface area contributed by atoms with Gasteiger partial charge in [0.1, 0.15) is 0 Å². The zero-order valence-electron chi connectivity index (χ0n) is 10.7. The molecular formula is C12H16N2O5S. The van der Waals surface area contributed by atoms with Gasteiger partial charge in [-0.1, -0.05) is 0 Å². The molecule has 0 saturated carbocycles. The standard InChI is InChI=1S/C12H16N2O5S/c13-20(17,18)11-3-1-9(2-4-11)14-5-6-19-8-10(14)7-12(15)16/h1-4,10H,5-8H2,(H,15,16)(H2,13,17,18). The minimum Gasteiger partial charge on any atom is -0.481 e. The van der Waals surface area contributed by atoms with Crippen molar-refractivity contribution in [2.45, 2.75) is 17.4 Å². The zero-order valence-corrected chi connectivity index (χ0v) is 11.5. The third-order valence-electron chi connectivity index (χ3n) is 3.13. The van der Waals surface area contributed by atoms with E-state index in [0.717, 1.165) is 5.69 Å². The monoisotopic (exact) mass is 300 g/mol. The van der Waals surface area contributed by atoms with Crippen LogP contribution in [-0.2, 0) is 19.6 Å². The molecule has 0 aliphatic carbocycles. The summed E-state index contributed by atoms with van der Waals surface area (Å²) < 4.78 is 27.7. The fourth-order valence-electron chi connectivity index (χ4n) is 2.19. The van der Waals surface area contributed by atoms with Gasteiger partial charge in [-0.25, -0.2) is 13.6 Å². The number of hydrogen-bond donors (Lipinski definition) is 2. The number of benzene rings is 1. The maximum Gasteiger partial charge on any atom is 0.305 e. The zero-order chi connectivity index (χ0) is 14.8. The molecule has 1 unspecified atom stereocenters. The summed E-state index contributed by atoms with van der Waals surface area (Å²) >= 11 is 0. The predicted octanol–water partition coefficient (Wildman–Crippen LogP) is 0.0139. The van der Waals surface area contributed by atoms with E-state index in [2.05, 4.69) is 0 Å². The average Bonchev–Trinajstić information content (AvgIpc) is 2.38. The van der Waals surface area contributed by atoms with Crippen LogP contribution in [0.25, 0.3) is 0 Å². The Hall–Kier alpha value is -1.64. The van der Waals surface area contributed by atoms with Gasteiger partial charge >= 0.3 is 5.97 Å². The molecule has 1 aliphatic heterocycles. The lowest BCUT2D eigenvalue weighted by Gasteiger charge is -2.36. The number of carboxylic acid groups (broad SMARTS) is 1. The van der Waals surface area contributed by atoms with Crippen LogP contribution in [0.2, 0.25) is 0 Å². The fourth-order valence-corrected chi connectivity index (χ4v) is 2.71. The molecule has 3 N–H and O–H groups in total. The third-order valence-corrected chi connectivity index (χ3v) is 4.06. The van der Waals surface area contributed by atoms with Gasteiger partial charge in [-0.05, 0) is 24.3 Å². The lowest BCUT2D eigenvalue weighted by atomic mass is 10.1. The second kappa shape index (κ2) is 5.78. The Labute approximate surface area is 117 Å². The molecule has 8 heteroatoms. The molecule has 1 heterocycles. The second-order valence-corrected chi connectivity index (χ2v) is 6.12. The number of ether oxygens (including phenoxy) is 1. The van der Waals surface area contributed by atoms with Crippen LogP contribution in [0.4, 0.5) is 5.69 Å². The summed E-state index contributed by atoms with van der Waals surface area (Å²) in [5, 5.41) is 13.9. The number of morpholine rings is 1. The summed E-state index contributed by atoms with van der Waals surface area (Å²) in [4.78, 5) is 12.8. The van der Waals surface area contributed by atoms with Gasteiger partial charge in [0.15, 0.2) is 0 Å². The highest BCUT2D eigenvalue weighted by molar-refractivity contribution is 7.89. The highest BCUT2D eigenvalue weighted by atomic mass is 32.2. The Balaban J connectivity index is 2.22. The molecule has 0 aromatic heterocycles. The van der Waals surface area contributed by atoms with Gasteiger partial charge in [0.2, 0.25) is 10.0 Å². The van der Waals surface area contributed by atoms with Gasteiger partial charge < -0.3 is 14.7 Å². The number of anilines is 1. The maximum absolute atomic E-state index is 11.2. The summed E-state index contributed by atoms with van der Waals surface area (Å²) in [6, 6.07) is 5.82.